The lowest BCUT2D eigenvalue weighted by molar-refractivity contribution is -0.141. The SMILES string of the molecule is CCOC(=O)C(SC[C@H]1O[C@@H](n2cnc3c(N)nc(Cl)nc32)C[C@@H]1O)P(=O)(O)O. The molecule has 1 aliphatic rings. The topological polar surface area (TPSA) is 183 Å². The number of esters is 1. The van der Waals surface area contributed by atoms with E-state index in [0.29, 0.717) is 22.9 Å². The second-order valence-corrected chi connectivity index (χ2v) is 9.68. The number of nitrogens with zero attached hydrogens (tertiary/aromatic N) is 4. The fourth-order valence-electron chi connectivity index (χ4n) is 2.86. The van der Waals surface area contributed by atoms with Crippen LogP contribution in [0.5, 0.6) is 0 Å². The van der Waals surface area contributed by atoms with Crippen LogP contribution >= 0.6 is 31.0 Å². The lowest BCUT2D eigenvalue weighted by Crippen LogP contribution is -2.27. The Morgan fingerprint density at radius 2 is 2.28 bits per heavy atom. The highest BCUT2D eigenvalue weighted by Gasteiger charge is 2.41. The summed E-state index contributed by atoms with van der Waals surface area (Å²) in [6, 6.07) is 0. The van der Waals surface area contributed by atoms with Crippen molar-refractivity contribution in [3.63, 3.8) is 0 Å². The Balaban J connectivity index is 1.73. The van der Waals surface area contributed by atoms with Gasteiger partial charge in [-0.1, -0.05) is 0 Å². The molecule has 3 heterocycles. The monoisotopic (exact) mass is 467 g/mol. The zero-order valence-corrected chi connectivity index (χ0v) is 17.5. The molecule has 0 aliphatic carbocycles. The van der Waals surface area contributed by atoms with Gasteiger partial charge in [-0.25, -0.2) is 4.98 Å². The normalized spacial score (nSPS) is 23.4. The summed E-state index contributed by atoms with van der Waals surface area (Å²) >= 11 is 6.52. The Morgan fingerprint density at radius 1 is 1.55 bits per heavy atom. The number of ether oxygens (including phenoxy) is 2. The van der Waals surface area contributed by atoms with Gasteiger partial charge in [0.25, 0.3) is 0 Å². The van der Waals surface area contributed by atoms with E-state index >= 15 is 0 Å². The maximum absolute atomic E-state index is 11.8. The van der Waals surface area contributed by atoms with E-state index in [0.717, 1.165) is 0 Å². The molecule has 160 valence electrons. The minimum absolute atomic E-state index is 0.0121. The van der Waals surface area contributed by atoms with Gasteiger partial charge < -0.3 is 30.1 Å². The number of nitrogens with two attached hydrogens (primary N) is 1. The van der Waals surface area contributed by atoms with Crippen LogP contribution in [0, 0.1) is 0 Å². The maximum atomic E-state index is 11.8. The van der Waals surface area contributed by atoms with Crippen LogP contribution in [0.4, 0.5) is 5.82 Å². The molecule has 0 saturated carbocycles. The summed E-state index contributed by atoms with van der Waals surface area (Å²) in [6.07, 6.45) is -0.810. The van der Waals surface area contributed by atoms with Gasteiger partial charge in [0.15, 0.2) is 11.5 Å². The van der Waals surface area contributed by atoms with Crippen molar-refractivity contribution in [1.82, 2.24) is 19.5 Å². The molecular weight excluding hydrogens is 449 g/mol. The molecule has 0 aromatic carbocycles. The Morgan fingerprint density at radius 3 is 2.93 bits per heavy atom. The van der Waals surface area contributed by atoms with E-state index in [4.69, 9.17) is 26.8 Å². The highest BCUT2D eigenvalue weighted by Crippen LogP contribution is 2.48. The third-order valence-corrected chi connectivity index (χ3v) is 7.44. The molecule has 12 nitrogen and oxygen atoms in total. The standard InChI is InChI=1S/C14H19ClN5O7PS/c1-2-26-12(22)13(28(23,24)25)29-4-7-6(21)3-8(27-7)20-5-17-9-10(16)18-14(15)19-11(9)20/h5-8,13,21H,2-4H2,1H3,(H2,16,18,19)(H2,23,24,25)/t6-,7+,8+,13?/m0/s1. The van der Waals surface area contributed by atoms with Gasteiger partial charge in [-0.2, -0.15) is 9.97 Å². The predicted molar refractivity (Wildman–Crippen MR) is 104 cm³/mol. The van der Waals surface area contributed by atoms with Gasteiger partial charge in [0.2, 0.25) is 10.3 Å². The molecule has 0 amide bonds. The summed E-state index contributed by atoms with van der Waals surface area (Å²) in [5, 5.41) is 10.3. The second kappa shape index (κ2) is 8.72. The first kappa shape index (κ1) is 22.2. The summed E-state index contributed by atoms with van der Waals surface area (Å²) in [4.78, 5) is 41.0. The Kier molecular flexibility index (Phi) is 6.68. The molecule has 2 aromatic rings. The largest absolute Gasteiger partial charge is 0.465 e. The third kappa shape index (κ3) is 4.82. The molecule has 1 aliphatic heterocycles. The van der Waals surface area contributed by atoms with Crippen molar-refractivity contribution in [3.05, 3.63) is 11.6 Å². The molecule has 29 heavy (non-hydrogen) atoms. The van der Waals surface area contributed by atoms with Gasteiger partial charge in [0.05, 0.1) is 25.1 Å². The molecule has 2 aromatic heterocycles. The number of imidazole rings is 1. The van der Waals surface area contributed by atoms with Crippen molar-refractivity contribution in [1.29, 1.82) is 0 Å². The van der Waals surface area contributed by atoms with Crippen LogP contribution in [0.25, 0.3) is 11.2 Å². The molecule has 1 saturated heterocycles. The highest BCUT2D eigenvalue weighted by molar-refractivity contribution is 8.06. The summed E-state index contributed by atoms with van der Waals surface area (Å²) in [7, 11) is -4.75. The van der Waals surface area contributed by atoms with E-state index in [1.165, 1.54) is 13.3 Å². The number of aliphatic hydroxyl groups excluding tert-OH is 1. The highest BCUT2D eigenvalue weighted by atomic mass is 35.5. The lowest BCUT2D eigenvalue weighted by Gasteiger charge is -2.20. The zero-order valence-electron chi connectivity index (χ0n) is 15.1. The van der Waals surface area contributed by atoms with Crippen molar-refractivity contribution >= 4 is 53.9 Å². The fraction of sp³-hybridized carbons (Fsp3) is 0.571. The minimum atomic E-state index is -4.75. The van der Waals surface area contributed by atoms with Crippen LogP contribution < -0.4 is 5.73 Å². The first-order valence-electron chi connectivity index (χ1n) is 8.44. The second-order valence-electron chi connectivity index (χ2n) is 6.16. The van der Waals surface area contributed by atoms with Gasteiger partial charge >= 0.3 is 13.6 Å². The molecule has 3 rings (SSSR count). The molecule has 0 bridgehead atoms. The maximum Gasteiger partial charge on any atom is 0.349 e. The average Bonchev–Trinajstić information content (AvgIpc) is 3.18. The fourth-order valence-corrected chi connectivity index (χ4v) is 5.29. The quantitative estimate of drug-likeness (QED) is 0.252. The van der Waals surface area contributed by atoms with Crippen LogP contribution in [0.2, 0.25) is 5.28 Å². The smallest absolute Gasteiger partial charge is 0.349 e. The molecule has 15 heteroatoms. The first-order valence-corrected chi connectivity index (χ1v) is 11.5. The van der Waals surface area contributed by atoms with Crippen molar-refractivity contribution in [3.8, 4) is 0 Å². The predicted octanol–water partition coefficient (Wildman–Crippen LogP) is 0.510. The van der Waals surface area contributed by atoms with Crippen LogP contribution in [0.3, 0.4) is 0 Å². The molecule has 5 N–H and O–H groups in total. The number of carbonyl (C=O) groups is 1. The van der Waals surface area contributed by atoms with Crippen molar-refractivity contribution in [2.45, 2.75) is 36.8 Å². The van der Waals surface area contributed by atoms with Crippen LogP contribution in [0.1, 0.15) is 19.6 Å². The number of halogens is 1. The number of nitrogen functional groups attached to an aromatic ring is 1. The molecule has 4 atom stereocenters. The van der Waals surface area contributed by atoms with E-state index in [-0.39, 0.29) is 29.9 Å². The van der Waals surface area contributed by atoms with Crippen molar-refractivity contribution in [2.75, 3.05) is 18.1 Å². The summed E-state index contributed by atoms with van der Waals surface area (Å²) < 4.78 is 23.7. The van der Waals surface area contributed by atoms with Crippen LogP contribution in [-0.2, 0) is 18.8 Å². The number of aliphatic hydroxyl groups is 1. The van der Waals surface area contributed by atoms with Gasteiger partial charge in [0.1, 0.15) is 11.7 Å². The summed E-state index contributed by atoms with van der Waals surface area (Å²) in [5.41, 5.74) is 6.43. The van der Waals surface area contributed by atoms with Gasteiger partial charge in [0, 0.05) is 12.2 Å². The lowest BCUT2D eigenvalue weighted by atomic mass is 10.2. The van der Waals surface area contributed by atoms with Crippen molar-refractivity contribution in [2.24, 2.45) is 0 Å². The molecule has 1 fully saturated rings. The molecule has 0 spiro atoms. The van der Waals surface area contributed by atoms with Gasteiger partial charge in [-0.05, 0) is 18.5 Å². The van der Waals surface area contributed by atoms with E-state index in [1.54, 1.807) is 4.57 Å². The van der Waals surface area contributed by atoms with Crippen molar-refractivity contribution < 1.29 is 33.7 Å². The zero-order chi connectivity index (χ0) is 21.3. The third-order valence-electron chi connectivity index (χ3n) is 4.15. The first-order chi connectivity index (χ1) is 13.6. The number of carbonyl (C=O) groups excluding carboxylic acids is 1. The van der Waals surface area contributed by atoms with E-state index in [9.17, 15) is 24.3 Å². The summed E-state index contributed by atoms with van der Waals surface area (Å²) in [6.45, 7) is 1.52. The van der Waals surface area contributed by atoms with E-state index in [1.807, 2.05) is 0 Å². The average molecular weight is 468 g/mol. The summed E-state index contributed by atoms with van der Waals surface area (Å²) in [5.74, 6) is -0.961. The molecular formula is C14H19ClN5O7PS. The van der Waals surface area contributed by atoms with Gasteiger partial charge in [-0.15, -0.1) is 11.8 Å². The number of thioether (sulfide) groups is 1. The number of hydrogen-bond acceptors (Lipinski definition) is 10. The molecule has 1 unspecified atom stereocenters. The minimum Gasteiger partial charge on any atom is -0.465 e. The Bertz CT molecular complexity index is 956. The van der Waals surface area contributed by atoms with E-state index in [2.05, 4.69) is 15.0 Å². The number of rotatable bonds is 7. The number of anilines is 1. The Labute approximate surface area is 173 Å². The van der Waals surface area contributed by atoms with Gasteiger partial charge in [-0.3, -0.25) is 13.9 Å². The number of aromatic nitrogens is 4. The van der Waals surface area contributed by atoms with Crippen LogP contribution in [-0.4, -0.2) is 69.9 Å². The molecule has 0 radical (unpaired) electrons. The van der Waals surface area contributed by atoms with Crippen LogP contribution in [0.15, 0.2) is 6.33 Å². The number of hydrogen-bond donors (Lipinski definition) is 4. The van der Waals surface area contributed by atoms with E-state index < -0.39 is 37.0 Å². The Hall–Kier alpha value is -1.47. The number of fused-ring (bicyclic) bond motifs is 1.